The number of nitrogens with zero attached hydrogens (tertiary/aromatic N) is 1. The zero-order valence-corrected chi connectivity index (χ0v) is 18.9. The molecule has 2 amide bonds. The van der Waals surface area contributed by atoms with E-state index in [1.54, 1.807) is 37.4 Å². The molecule has 0 saturated carbocycles. The molecule has 0 aromatic heterocycles. The number of hydrogen-bond acceptors (Lipinski definition) is 5. The molecule has 0 atom stereocenters. The third-order valence-corrected chi connectivity index (χ3v) is 4.66. The Bertz CT molecular complexity index is 905. The summed E-state index contributed by atoms with van der Waals surface area (Å²) in [7, 11) is 1.58. The van der Waals surface area contributed by atoms with E-state index >= 15 is 0 Å². The molecule has 0 unspecified atom stereocenters. The van der Waals surface area contributed by atoms with Gasteiger partial charge in [-0.05, 0) is 65.4 Å². The van der Waals surface area contributed by atoms with E-state index in [2.05, 4.69) is 38.4 Å². The number of anilines is 1. The quantitative estimate of drug-likeness (QED) is 0.289. The number of methoxy groups -OCH3 is 1. The minimum atomic E-state index is -0.365. The molecule has 0 saturated heterocycles. The van der Waals surface area contributed by atoms with Crippen molar-refractivity contribution in [2.24, 2.45) is 5.10 Å². The first-order valence-electron chi connectivity index (χ1n) is 8.80. The van der Waals surface area contributed by atoms with Crippen LogP contribution in [0.3, 0.4) is 0 Å². The van der Waals surface area contributed by atoms with E-state index in [-0.39, 0.29) is 24.7 Å². The number of rotatable bonds is 9. The van der Waals surface area contributed by atoms with E-state index in [1.807, 2.05) is 13.0 Å². The van der Waals surface area contributed by atoms with Gasteiger partial charge in [-0.15, -0.1) is 0 Å². The molecule has 9 heteroatoms. The zero-order chi connectivity index (χ0) is 21.2. The van der Waals surface area contributed by atoms with Gasteiger partial charge in [-0.1, -0.05) is 17.7 Å². The van der Waals surface area contributed by atoms with E-state index < -0.39 is 0 Å². The van der Waals surface area contributed by atoms with Gasteiger partial charge in [-0.25, -0.2) is 5.43 Å². The largest absolute Gasteiger partial charge is 0.492 e. The minimum Gasteiger partial charge on any atom is -0.492 e. The fourth-order valence-corrected chi connectivity index (χ4v) is 3.41. The molecule has 2 rings (SSSR count). The van der Waals surface area contributed by atoms with Crippen molar-refractivity contribution in [1.82, 2.24) is 5.43 Å². The molecule has 0 spiro atoms. The van der Waals surface area contributed by atoms with Crippen LogP contribution in [-0.4, -0.2) is 31.7 Å². The lowest BCUT2D eigenvalue weighted by molar-refractivity contribution is -0.124. The van der Waals surface area contributed by atoms with Gasteiger partial charge in [-0.2, -0.15) is 5.10 Å². The summed E-state index contributed by atoms with van der Waals surface area (Å²) < 4.78 is 11.8. The number of nitrogens with one attached hydrogen (secondary N) is 2. The molecule has 7 nitrogen and oxygen atoms in total. The summed E-state index contributed by atoms with van der Waals surface area (Å²) in [6, 6.07) is 10.4. The van der Waals surface area contributed by atoms with E-state index in [0.717, 1.165) is 9.13 Å². The van der Waals surface area contributed by atoms with Crippen LogP contribution in [0.4, 0.5) is 5.69 Å². The maximum absolute atomic E-state index is 11.9. The molecular weight excluding hydrogens is 509 g/mol. The van der Waals surface area contributed by atoms with Gasteiger partial charge in [0.1, 0.15) is 0 Å². The third kappa shape index (κ3) is 7.54. The number of halogens is 2. The molecule has 0 radical (unpaired) electrons. The summed E-state index contributed by atoms with van der Waals surface area (Å²) >= 11 is 8.01. The highest BCUT2D eigenvalue weighted by atomic mass is 127. The van der Waals surface area contributed by atoms with Crippen LogP contribution in [0.1, 0.15) is 25.3 Å². The second-order valence-electron chi connectivity index (χ2n) is 5.82. The van der Waals surface area contributed by atoms with E-state index in [0.29, 0.717) is 28.8 Å². The molecule has 154 valence electrons. The molecule has 2 N–H and O–H groups in total. The van der Waals surface area contributed by atoms with Crippen LogP contribution in [0.15, 0.2) is 41.5 Å². The number of hydrazone groups is 1. The Morgan fingerprint density at radius 1 is 1.21 bits per heavy atom. The number of ether oxygens (including phenoxy) is 2. The highest BCUT2D eigenvalue weighted by Crippen LogP contribution is 2.33. The molecule has 29 heavy (non-hydrogen) atoms. The molecule has 0 aliphatic heterocycles. The third-order valence-electron chi connectivity index (χ3n) is 3.63. The van der Waals surface area contributed by atoms with Crippen molar-refractivity contribution in [2.75, 3.05) is 19.0 Å². The van der Waals surface area contributed by atoms with Crippen LogP contribution < -0.4 is 20.2 Å². The maximum atomic E-state index is 11.9. The van der Waals surface area contributed by atoms with Crippen molar-refractivity contribution in [3.8, 4) is 11.5 Å². The number of benzene rings is 2. The van der Waals surface area contributed by atoms with Gasteiger partial charge in [0.25, 0.3) is 0 Å². The van der Waals surface area contributed by atoms with E-state index in [4.69, 9.17) is 21.1 Å². The van der Waals surface area contributed by atoms with Crippen LogP contribution in [0.5, 0.6) is 11.5 Å². The average molecular weight is 530 g/mol. The van der Waals surface area contributed by atoms with Crippen molar-refractivity contribution < 1.29 is 19.1 Å². The van der Waals surface area contributed by atoms with E-state index in [1.165, 1.54) is 6.21 Å². The van der Waals surface area contributed by atoms with Crippen molar-refractivity contribution in [1.29, 1.82) is 0 Å². The highest BCUT2D eigenvalue weighted by molar-refractivity contribution is 14.1. The van der Waals surface area contributed by atoms with Crippen LogP contribution in [0.2, 0.25) is 5.02 Å². The van der Waals surface area contributed by atoms with Crippen LogP contribution in [0, 0.1) is 3.57 Å². The van der Waals surface area contributed by atoms with Crippen molar-refractivity contribution in [3.05, 3.63) is 50.6 Å². The molecule has 2 aromatic rings. The molecule has 0 fully saturated rings. The Morgan fingerprint density at radius 3 is 2.66 bits per heavy atom. The topological polar surface area (TPSA) is 89.0 Å². The molecule has 0 aliphatic rings. The predicted octanol–water partition coefficient (Wildman–Crippen LogP) is 4.22. The molecule has 0 bridgehead atoms. The van der Waals surface area contributed by atoms with Crippen molar-refractivity contribution >= 4 is 57.9 Å². The summed E-state index contributed by atoms with van der Waals surface area (Å²) in [5, 5.41) is 7.15. The van der Waals surface area contributed by atoms with Gasteiger partial charge >= 0.3 is 0 Å². The summed E-state index contributed by atoms with van der Waals surface area (Å²) in [5.41, 5.74) is 3.75. The van der Waals surface area contributed by atoms with Gasteiger partial charge in [-0.3, -0.25) is 9.59 Å². The minimum absolute atomic E-state index is 0.00802. The van der Waals surface area contributed by atoms with Gasteiger partial charge in [0, 0.05) is 23.6 Å². The standard InChI is InChI=1S/C20H21ClIN3O4/c1-3-29-17-10-13(9-16(22)20(17)28-2)12-23-25-19(27)8-7-18(26)24-15-6-4-5-14(21)11-15/h4-6,9-12H,3,7-8H2,1-2H3,(H,24,26)(H,25,27). The Balaban J connectivity index is 1.85. The average Bonchev–Trinajstić information content (AvgIpc) is 2.66. The van der Waals surface area contributed by atoms with Crippen LogP contribution in [-0.2, 0) is 9.59 Å². The Morgan fingerprint density at radius 2 is 1.97 bits per heavy atom. The number of hydrogen-bond donors (Lipinski definition) is 2. The Hall–Kier alpha value is -2.33. The van der Waals surface area contributed by atoms with Gasteiger partial charge in [0.15, 0.2) is 11.5 Å². The number of amides is 2. The summed E-state index contributed by atoms with van der Waals surface area (Å²) in [5.74, 6) is 0.611. The van der Waals surface area contributed by atoms with Gasteiger partial charge < -0.3 is 14.8 Å². The second kappa shape index (κ2) is 11.6. The van der Waals surface area contributed by atoms with Gasteiger partial charge in [0.2, 0.25) is 11.8 Å². The summed E-state index contributed by atoms with van der Waals surface area (Å²) in [4.78, 5) is 23.8. The van der Waals surface area contributed by atoms with Crippen LogP contribution >= 0.6 is 34.2 Å². The van der Waals surface area contributed by atoms with Crippen molar-refractivity contribution in [3.63, 3.8) is 0 Å². The lowest BCUT2D eigenvalue weighted by Crippen LogP contribution is -2.20. The van der Waals surface area contributed by atoms with Gasteiger partial charge in [0.05, 0.1) is 23.5 Å². The highest BCUT2D eigenvalue weighted by Gasteiger charge is 2.11. The first-order valence-corrected chi connectivity index (χ1v) is 10.3. The Kier molecular flexibility index (Phi) is 9.20. The fourth-order valence-electron chi connectivity index (χ4n) is 2.37. The normalized spacial score (nSPS) is 10.6. The monoisotopic (exact) mass is 529 g/mol. The summed E-state index contributed by atoms with van der Waals surface area (Å²) in [6.07, 6.45) is 1.55. The fraction of sp³-hybridized carbons (Fsp3) is 0.250. The Labute approximate surface area is 187 Å². The van der Waals surface area contributed by atoms with Crippen molar-refractivity contribution in [2.45, 2.75) is 19.8 Å². The second-order valence-corrected chi connectivity index (χ2v) is 7.42. The number of carbonyl (C=O) groups is 2. The van der Waals surface area contributed by atoms with Crippen LogP contribution in [0.25, 0.3) is 0 Å². The predicted molar refractivity (Wildman–Crippen MR) is 122 cm³/mol. The molecule has 0 heterocycles. The molecular formula is C20H21ClIN3O4. The lowest BCUT2D eigenvalue weighted by atomic mass is 10.2. The lowest BCUT2D eigenvalue weighted by Gasteiger charge is -2.11. The first-order chi connectivity index (χ1) is 13.9. The zero-order valence-electron chi connectivity index (χ0n) is 16.0. The SMILES string of the molecule is CCOc1cc(C=NNC(=O)CCC(=O)Nc2cccc(Cl)c2)cc(I)c1OC. The number of carbonyl (C=O) groups excluding carboxylic acids is 2. The molecule has 0 aliphatic carbocycles. The molecule has 2 aromatic carbocycles. The smallest absolute Gasteiger partial charge is 0.240 e. The maximum Gasteiger partial charge on any atom is 0.240 e. The van der Waals surface area contributed by atoms with E-state index in [9.17, 15) is 9.59 Å². The summed E-state index contributed by atoms with van der Waals surface area (Å²) in [6.45, 7) is 2.39. The first kappa shape index (κ1) is 23.0.